The minimum atomic E-state index is -0.884. The Morgan fingerprint density at radius 1 is 1.25 bits per heavy atom. The molecule has 0 fully saturated rings. The number of hydrogen-bond acceptors (Lipinski definition) is 2. The first kappa shape index (κ1) is 13.8. The highest BCUT2D eigenvalue weighted by molar-refractivity contribution is 5.81. The molecule has 0 radical (unpaired) electrons. The summed E-state index contributed by atoms with van der Waals surface area (Å²) in [6.45, 7) is 5.64. The second-order valence-corrected chi connectivity index (χ2v) is 4.37. The van der Waals surface area contributed by atoms with E-state index in [-0.39, 0.29) is 5.56 Å². The van der Waals surface area contributed by atoms with Crippen LogP contribution < -0.4 is 5.32 Å². The molecule has 1 N–H and O–H groups in total. The molecule has 1 aliphatic heterocycles. The highest BCUT2D eigenvalue weighted by atomic mass is 19.1. The number of nitrogens with zero attached hydrogens (tertiary/aromatic N) is 1. The van der Waals surface area contributed by atoms with E-state index in [0.717, 1.165) is 11.6 Å². The molecule has 1 aromatic rings. The lowest BCUT2D eigenvalue weighted by Gasteiger charge is -2.11. The minimum Gasteiger partial charge on any atom is -0.368 e. The van der Waals surface area contributed by atoms with Crippen LogP contribution in [-0.4, -0.2) is 0 Å². The van der Waals surface area contributed by atoms with E-state index < -0.39 is 17.2 Å². The van der Waals surface area contributed by atoms with Gasteiger partial charge in [-0.1, -0.05) is 12.7 Å². The van der Waals surface area contributed by atoms with Gasteiger partial charge in [0.05, 0.1) is 0 Å². The van der Waals surface area contributed by atoms with Crippen LogP contribution >= 0.6 is 0 Å². The summed E-state index contributed by atoms with van der Waals surface area (Å²) in [4.78, 5) is 0. The molecule has 0 aromatic heterocycles. The van der Waals surface area contributed by atoms with Crippen LogP contribution in [0.15, 0.2) is 42.8 Å². The van der Waals surface area contributed by atoms with E-state index >= 15 is 0 Å². The highest BCUT2D eigenvalue weighted by Crippen LogP contribution is 2.29. The SMILES string of the molecule is C=C1/C=C(C)\C=C/N/C=C\c2cc(F)c(C#N)c(F)c21. The molecule has 0 saturated heterocycles. The molecule has 2 rings (SSSR count). The Hall–Kier alpha value is -2.67. The summed E-state index contributed by atoms with van der Waals surface area (Å²) in [7, 11) is 0. The molecule has 0 amide bonds. The largest absolute Gasteiger partial charge is 0.368 e. The molecule has 0 atom stereocenters. The molecule has 4 heteroatoms. The van der Waals surface area contributed by atoms with E-state index in [4.69, 9.17) is 5.26 Å². The molecule has 100 valence electrons. The van der Waals surface area contributed by atoms with Crippen molar-refractivity contribution in [2.45, 2.75) is 6.92 Å². The van der Waals surface area contributed by atoms with Crippen molar-refractivity contribution in [2.24, 2.45) is 0 Å². The fourth-order valence-electron chi connectivity index (χ4n) is 1.97. The van der Waals surface area contributed by atoms with Crippen LogP contribution in [-0.2, 0) is 0 Å². The van der Waals surface area contributed by atoms with Crippen molar-refractivity contribution in [2.75, 3.05) is 0 Å². The summed E-state index contributed by atoms with van der Waals surface area (Å²) in [5, 5.41) is 11.7. The number of rotatable bonds is 0. The molecule has 20 heavy (non-hydrogen) atoms. The first-order chi connectivity index (χ1) is 9.54. The molecule has 0 aliphatic carbocycles. The Morgan fingerprint density at radius 2 is 1.95 bits per heavy atom. The van der Waals surface area contributed by atoms with Crippen molar-refractivity contribution in [1.82, 2.24) is 5.32 Å². The lowest BCUT2D eigenvalue weighted by molar-refractivity contribution is 0.574. The predicted molar refractivity (Wildman–Crippen MR) is 75.2 cm³/mol. The van der Waals surface area contributed by atoms with Crippen molar-refractivity contribution in [1.29, 1.82) is 5.26 Å². The van der Waals surface area contributed by atoms with Crippen molar-refractivity contribution in [3.8, 4) is 6.07 Å². The molecule has 1 aromatic carbocycles. The summed E-state index contributed by atoms with van der Waals surface area (Å²) >= 11 is 0. The number of hydrogen-bond donors (Lipinski definition) is 1. The summed E-state index contributed by atoms with van der Waals surface area (Å²) in [5.74, 6) is -1.76. The molecular weight excluding hydrogens is 258 g/mol. The van der Waals surface area contributed by atoms with E-state index in [0.29, 0.717) is 11.1 Å². The van der Waals surface area contributed by atoms with Crippen LogP contribution in [0.5, 0.6) is 0 Å². The van der Waals surface area contributed by atoms with E-state index in [1.54, 1.807) is 30.6 Å². The first-order valence-electron chi connectivity index (χ1n) is 5.93. The first-order valence-corrected chi connectivity index (χ1v) is 5.93. The molecule has 1 aliphatic rings. The average Bonchev–Trinajstić information content (AvgIpc) is 2.37. The standard InChI is InChI=1S/C16H12F2N2/c1-10-3-5-20-6-4-12-8-14(17)13(9-19)16(18)15(12)11(2)7-10/h3-8,20H,2H2,1H3/b5-3-,6-4-,10-7-. The Morgan fingerprint density at radius 3 is 2.65 bits per heavy atom. The summed E-state index contributed by atoms with van der Waals surface area (Å²) in [5.41, 5.74) is 1.12. The lowest BCUT2D eigenvalue weighted by Crippen LogP contribution is -2.02. The van der Waals surface area contributed by atoms with Crippen LogP contribution in [0.3, 0.4) is 0 Å². The van der Waals surface area contributed by atoms with Crippen LogP contribution in [0.25, 0.3) is 11.6 Å². The third-order valence-corrected chi connectivity index (χ3v) is 2.89. The number of nitriles is 1. The zero-order chi connectivity index (χ0) is 14.7. The van der Waals surface area contributed by atoms with Gasteiger partial charge in [-0.15, -0.1) is 0 Å². The number of benzene rings is 1. The van der Waals surface area contributed by atoms with Crippen molar-refractivity contribution >= 4 is 11.6 Å². The van der Waals surface area contributed by atoms with Crippen molar-refractivity contribution in [3.63, 3.8) is 0 Å². The zero-order valence-corrected chi connectivity index (χ0v) is 10.9. The lowest BCUT2D eigenvalue weighted by atomic mass is 9.95. The van der Waals surface area contributed by atoms with Gasteiger partial charge < -0.3 is 5.32 Å². The van der Waals surface area contributed by atoms with Gasteiger partial charge in [-0.05, 0) is 41.9 Å². The predicted octanol–water partition coefficient (Wildman–Crippen LogP) is 3.88. The van der Waals surface area contributed by atoms with Crippen molar-refractivity contribution < 1.29 is 8.78 Å². The second-order valence-electron chi connectivity index (χ2n) is 4.37. The zero-order valence-electron chi connectivity index (χ0n) is 10.9. The smallest absolute Gasteiger partial charge is 0.152 e. The Balaban J connectivity index is 2.75. The summed E-state index contributed by atoms with van der Waals surface area (Å²) in [6.07, 6.45) is 8.28. The van der Waals surface area contributed by atoms with Gasteiger partial charge >= 0.3 is 0 Å². The topological polar surface area (TPSA) is 35.8 Å². The van der Waals surface area contributed by atoms with Gasteiger partial charge in [-0.2, -0.15) is 5.26 Å². The monoisotopic (exact) mass is 270 g/mol. The average molecular weight is 270 g/mol. The molecule has 0 saturated carbocycles. The number of halogens is 2. The molecule has 0 unspecified atom stereocenters. The Labute approximate surface area is 116 Å². The second kappa shape index (κ2) is 5.54. The Bertz CT molecular complexity index is 704. The van der Waals surface area contributed by atoms with Crippen LogP contribution in [0.1, 0.15) is 23.6 Å². The molecule has 1 heterocycles. The molecule has 0 bridgehead atoms. The third kappa shape index (κ3) is 2.52. The maximum Gasteiger partial charge on any atom is 0.152 e. The fourth-order valence-corrected chi connectivity index (χ4v) is 1.97. The molecular formula is C16H12F2N2. The molecule has 2 nitrogen and oxygen atoms in total. The van der Waals surface area contributed by atoms with Gasteiger partial charge in [-0.3, -0.25) is 0 Å². The fraction of sp³-hybridized carbons (Fsp3) is 0.0625. The maximum absolute atomic E-state index is 14.3. The van der Waals surface area contributed by atoms with E-state index in [2.05, 4.69) is 11.9 Å². The van der Waals surface area contributed by atoms with Crippen LogP contribution in [0.2, 0.25) is 0 Å². The third-order valence-electron chi connectivity index (χ3n) is 2.89. The normalized spacial score (nSPS) is 19.9. The van der Waals surface area contributed by atoms with Gasteiger partial charge in [0.15, 0.2) is 5.82 Å². The van der Waals surface area contributed by atoms with Crippen LogP contribution in [0, 0.1) is 23.0 Å². The van der Waals surface area contributed by atoms with Crippen LogP contribution in [0.4, 0.5) is 8.78 Å². The Kier molecular flexibility index (Phi) is 3.81. The van der Waals surface area contributed by atoms with E-state index in [1.807, 2.05) is 6.92 Å². The van der Waals surface area contributed by atoms with Gasteiger partial charge in [-0.25, -0.2) is 8.78 Å². The summed E-state index contributed by atoms with van der Waals surface area (Å²) < 4.78 is 28.0. The number of fused-ring (bicyclic) bond motifs is 1. The van der Waals surface area contributed by atoms with E-state index in [9.17, 15) is 8.78 Å². The van der Waals surface area contributed by atoms with E-state index in [1.165, 1.54) is 6.08 Å². The molecule has 0 spiro atoms. The van der Waals surface area contributed by atoms with Crippen molar-refractivity contribution in [3.05, 3.63) is 71.1 Å². The van der Waals surface area contributed by atoms with Gasteiger partial charge in [0.1, 0.15) is 17.4 Å². The van der Waals surface area contributed by atoms with Gasteiger partial charge in [0.25, 0.3) is 0 Å². The minimum absolute atomic E-state index is 0.135. The summed E-state index contributed by atoms with van der Waals surface area (Å²) in [6, 6.07) is 2.68. The number of nitrogens with one attached hydrogen (secondary N) is 1. The van der Waals surface area contributed by atoms with Gasteiger partial charge in [0.2, 0.25) is 0 Å². The quantitative estimate of drug-likeness (QED) is 0.776. The maximum atomic E-state index is 14.3. The van der Waals surface area contributed by atoms with Gasteiger partial charge in [0, 0.05) is 18.0 Å². The highest BCUT2D eigenvalue weighted by Gasteiger charge is 2.18. The number of allylic oxidation sites excluding steroid dienone is 4.